The van der Waals surface area contributed by atoms with E-state index in [4.69, 9.17) is 4.74 Å². The van der Waals surface area contributed by atoms with Crippen LogP contribution in [0.2, 0.25) is 0 Å². The van der Waals surface area contributed by atoms with Gasteiger partial charge in [0.2, 0.25) is 0 Å². The number of hydrogen-bond donors (Lipinski definition) is 1. The van der Waals surface area contributed by atoms with E-state index in [9.17, 15) is 4.39 Å². The third-order valence-electron chi connectivity index (χ3n) is 3.39. The molecule has 3 aromatic rings. The smallest absolute Gasteiger partial charge is 0.165 e. The fraction of sp³-hybridized carbons (Fsp3) is 0.267. The molecule has 0 saturated carbocycles. The van der Waals surface area contributed by atoms with Crippen LogP contribution in [-0.2, 0) is 11.3 Å². The van der Waals surface area contributed by atoms with Gasteiger partial charge < -0.3 is 14.6 Å². The van der Waals surface area contributed by atoms with Gasteiger partial charge in [-0.25, -0.2) is 19.3 Å². The summed E-state index contributed by atoms with van der Waals surface area (Å²) in [6.07, 6.45) is 3.16. The largest absolute Gasteiger partial charge is 0.383 e. The Kier molecular flexibility index (Phi) is 3.97. The van der Waals surface area contributed by atoms with E-state index in [2.05, 4.69) is 20.3 Å². The lowest BCUT2D eigenvalue weighted by Crippen LogP contribution is -2.04. The zero-order valence-corrected chi connectivity index (χ0v) is 12.4. The van der Waals surface area contributed by atoms with Crippen molar-refractivity contribution >= 4 is 22.7 Å². The zero-order chi connectivity index (χ0) is 15.5. The van der Waals surface area contributed by atoms with Gasteiger partial charge in [0.05, 0.1) is 12.9 Å². The molecule has 0 saturated heterocycles. The van der Waals surface area contributed by atoms with Crippen LogP contribution in [0.15, 0.2) is 30.9 Å². The van der Waals surface area contributed by atoms with Gasteiger partial charge in [0.1, 0.15) is 12.1 Å². The van der Waals surface area contributed by atoms with Gasteiger partial charge in [0.15, 0.2) is 17.0 Å². The molecule has 1 aromatic carbocycles. The van der Waals surface area contributed by atoms with Crippen molar-refractivity contribution in [3.8, 4) is 0 Å². The van der Waals surface area contributed by atoms with Crippen molar-refractivity contribution in [2.45, 2.75) is 13.5 Å². The topological polar surface area (TPSA) is 64.9 Å². The molecular formula is C15H16FN5O. The second-order valence-corrected chi connectivity index (χ2v) is 4.91. The van der Waals surface area contributed by atoms with E-state index in [0.717, 1.165) is 5.56 Å². The highest BCUT2D eigenvalue weighted by Crippen LogP contribution is 2.24. The first-order valence-electron chi connectivity index (χ1n) is 6.87. The molecule has 1 N–H and O–H groups in total. The summed E-state index contributed by atoms with van der Waals surface area (Å²) in [6.45, 7) is 3.13. The second-order valence-electron chi connectivity index (χ2n) is 4.91. The van der Waals surface area contributed by atoms with Gasteiger partial charge >= 0.3 is 0 Å². The van der Waals surface area contributed by atoms with Crippen LogP contribution in [0, 0.1) is 12.7 Å². The number of nitrogens with one attached hydrogen (secondary N) is 1. The van der Waals surface area contributed by atoms with Crippen molar-refractivity contribution in [3.63, 3.8) is 0 Å². The summed E-state index contributed by atoms with van der Waals surface area (Å²) in [4.78, 5) is 12.8. The van der Waals surface area contributed by atoms with E-state index in [-0.39, 0.29) is 5.82 Å². The summed E-state index contributed by atoms with van der Waals surface area (Å²) < 4.78 is 20.4. The minimum absolute atomic E-state index is 0.302. The van der Waals surface area contributed by atoms with Crippen molar-refractivity contribution in [3.05, 3.63) is 42.2 Å². The normalized spacial score (nSPS) is 11.0. The molecule has 0 atom stereocenters. The fourth-order valence-corrected chi connectivity index (χ4v) is 2.18. The number of hydrogen-bond acceptors (Lipinski definition) is 5. The van der Waals surface area contributed by atoms with Crippen LogP contribution in [0.4, 0.5) is 15.9 Å². The molecule has 0 aliphatic heterocycles. The maximum Gasteiger partial charge on any atom is 0.165 e. The number of benzene rings is 1. The Labute approximate surface area is 127 Å². The van der Waals surface area contributed by atoms with Gasteiger partial charge in [0.25, 0.3) is 0 Å². The molecule has 0 bridgehead atoms. The van der Waals surface area contributed by atoms with Gasteiger partial charge in [-0.3, -0.25) is 0 Å². The van der Waals surface area contributed by atoms with E-state index in [1.807, 2.05) is 11.5 Å². The average Bonchev–Trinajstić information content (AvgIpc) is 2.93. The molecule has 6 nitrogen and oxygen atoms in total. The van der Waals surface area contributed by atoms with Crippen LogP contribution in [0.5, 0.6) is 0 Å². The van der Waals surface area contributed by atoms with Crippen molar-refractivity contribution in [2.24, 2.45) is 0 Å². The van der Waals surface area contributed by atoms with Gasteiger partial charge in [-0.1, -0.05) is 6.07 Å². The van der Waals surface area contributed by atoms with Crippen LogP contribution >= 0.6 is 0 Å². The summed E-state index contributed by atoms with van der Waals surface area (Å²) in [7, 11) is 1.65. The molecule has 0 spiro atoms. The number of fused-ring (bicyclic) bond motifs is 1. The number of rotatable bonds is 5. The van der Waals surface area contributed by atoms with Gasteiger partial charge in [0, 0.05) is 19.3 Å². The standard InChI is InChI=1S/C15H16FN5O/c1-10-3-4-11(16)7-12(10)20-14-13-15(18-8-17-14)21(9-19-13)5-6-22-2/h3-4,7-9H,5-6H2,1-2H3,(H,17,18,20). The van der Waals surface area contributed by atoms with Crippen LogP contribution in [0.25, 0.3) is 11.2 Å². The third-order valence-corrected chi connectivity index (χ3v) is 3.39. The quantitative estimate of drug-likeness (QED) is 0.785. The molecule has 114 valence electrons. The molecule has 22 heavy (non-hydrogen) atoms. The predicted molar refractivity (Wildman–Crippen MR) is 81.6 cm³/mol. The Balaban J connectivity index is 1.97. The van der Waals surface area contributed by atoms with Crippen LogP contribution in [0.1, 0.15) is 5.56 Å². The zero-order valence-electron chi connectivity index (χ0n) is 12.4. The second kappa shape index (κ2) is 6.07. The monoisotopic (exact) mass is 301 g/mol. The van der Waals surface area contributed by atoms with Crippen molar-refractivity contribution < 1.29 is 9.13 Å². The Morgan fingerprint density at radius 2 is 2.14 bits per heavy atom. The first kappa shape index (κ1) is 14.4. The van der Waals surface area contributed by atoms with Gasteiger partial charge in [-0.05, 0) is 24.6 Å². The Morgan fingerprint density at radius 3 is 2.95 bits per heavy atom. The van der Waals surface area contributed by atoms with E-state index in [1.165, 1.54) is 18.5 Å². The molecule has 0 fully saturated rings. The fourth-order valence-electron chi connectivity index (χ4n) is 2.18. The van der Waals surface area contributed by atoms with Crippen molar-refractivity contribution in [2.75, 3.05) is 19.0 Å². The maximum atomic E-state index is 13.4. The Hall–Kier alpha value is -2.54. The highest BCUT2D eigenvalue weighted by molar-refractivity contribution is 5.85. The summed E-state index contributed by atoms with van der Waals surface area (Å²) in [5, 5.41) is 3.13. The molecule has 2 heterocycles. The van der Waals surface area contributed by atoms with Crippen LogP contribution in [0.3, 0.4) is 0 Å². The number of ether oxygens (including phenoxy) is 1. The molecule has 0 amide bonds. The molecule has 0 radical (unpaired) electrons. The van der Waals surface area contributed by atoms with E-state index >= 15 is 0 Å². The summed E-state index contributed by atoms with van der Waals surface area (Å²) in [6, 6.07) is 4.58. The minimum atomic E-state index is -0.302. The summed E-state index contributed by atoms with van der Waals surface area (Å²) in [5.74, 6) is 0.249. The van der Waals surface area contributed by atoms with Crippen LogP contribution in [-0.4, -0.2) is 33.2 Å². The first-order chi connectivity index (χ1) is 10.7. The third kappa shape index (κ3) is 2.75. The summed E-state index contributed by atoms with van der Waals surface area (Å²) in [5.41, 5.74) is 2.93. The number of imidazole rings is 1. The number of methoxy groups -OCH3 is 1. The maximum absolute atomic E-state index is 13.4. The highest BCUT2D eigenvalue weighted by atomic mass is 19.1. The van der Waals surface area contributed by atoms with E-state index in [1.54, 1.807) is 19.5 Å². The van der Waals surface area contributed by atoms with Gasteiger partial charge in [-0.2, -0.15) is 0 Å². The molecule has 2 aromatic heterocycles. The average molecular weight is 301 g/mol. The molecule has 0 unspecified atom stereocenters. The lowest BCUT2D eigenvalue weighted by Gasteiger charge is -2.09. The van der Waals surface area contributed by atoms with Gasteiger partial charge in [-0.15, -0.1) is 0 Å². The molecule has 3 rings (SSSR count). The SMILES string of the molecule is COCCn1cnc2c(Nc3cc(F)ccc3C)ncnc21. The van der Waals surface area contributed by atoms with E-state index in [0.29, 0.717) is 35.8 Å². The Morgan fingerprint density at radius 1 is 1.27 bits per heavy atom. The highest BCUT2D eigenvalue weighted by Gasteiger charge is 2.11. The molecule has 0 aliphatic rings. The molecule has 7 heteroatoms. The number of halogens is 1. The summed E-state index contributed by atoms with van der Waals surface area (Å²) >= 11 is 0. The number of aryl methyl sites for hydroxylation is 1. The number of anilines is 2. The molecule has 0 aliphatic carbocycles. The van der Waals surface area contributed by atoms with Crippen molar-refractivity contribution in [1.82, 2.24) is 19.5 Å². The number of nitrogens with zero attached hydrogens (tertiary/aromatic N) is 4. The molecular weight excluding hydrogens is 285 g/mol. The predicted octanol–water partition coefficient (Wildman–Crippen LogP) is 2.66. The van der Waals surface area contributed by atoms with Crippen LogP contribution < -0.4 is 5.32 Å². The lowest BCUT2D eigenvalue weighted by molar-refractivity contribution is 0.188. The number of aromatic nitrogens is 4. The Bertz CT molecular complexity index is 802. The van der Waals surface area contributed by atoms with Crippen molar-refractivity contribution in [1.29, 1.82) is 0 Å². The first-order valence-corrected chi connectivity index (χ1v) is 6.87. The minimum Gasteiger partial charge on any atom is -0.383 e. The van der Waals surface area contributed by atoms with E-state index < -0.39 is 0 Å². The lowest BCUT2D eigenvalue weighted by atomic mass is 10.2.